The zero-order valence-corrected chi connectivity index (χ0v) is 20.5. The SMILES string of the molecule is COc1ccccc1-c1c(Cl)cc2[nH]c(C(CO)c3ccc(SCC4CC4)cc3)nc2c1Cl. The molecule has 0 bridgehead atoms. The predicted octanol–water partition coefficient (Wildman–Crippen LogP) is 7.17. The summed E-state index contributed by atoms with van der Waals surface area (Å²) in [7, 11) is 1.62. The molecule has 1 aliphatic carbocycles. The van der Waals surface area contributed by atoms with Gasteiger partial charge in [-0.3, -0.25) is 0 Å². The van der Waals surface area contributed by atoms with Crippen molar-refractivity contribution in [3.63, 3.8) is 0 Å². The minimum absolute atomic E-state index is 0.0703. The van der Waals surface area contributed by atoms with Crippen molar-refractivity contribution < 1.29 is 9.84 Å². The number of imidazole rings is 1. The number of hydrogen-bond acceptors (Lipinski definition) is 4. The first kappa shape index (κ1) is 22.6. The van der Waals surface area contributed by atoms with E-state index >= 15 is 0 Å². The van der Waals surface area contributed by atoms with Crippen molar-refractivity contribution in [2.75, 3.05) is 19.5 Å². The van der Waals surface area contributed by atoms with Crippen LogP contribution >= 0.6 is 35.0 Å². The number of aromatic amines is 1. The highest BCUT2D eigenvalue weighted by molar-refractivity contribution is 7.99. The summed E-state index contributed by atoms with van der Waals surface area (Å²) in [6, 6.07) is 17.8. The highest BCUT2D eigenvalue weighted by atomic mass is 35.5. The number of hydrogen-bond donors (Lipinski definition) is 2. The number of aliphatic hydroxyl groups excluding tert-OH is 1. The Labute approximate surface area is 207 Å². The Balaban J connectivity index is 1.50. The van der Waals surface area contributed by atoms with Crippen molar-refractivity contribution in [1.29, 1.82) is 0 Å². The molecule has 1 aromatic heterocycles. The molecule has 4 nitrogen and oxygen atoms in total. The van der Waals surface area contributed by atoms with Crippen LogP contribution in [0.2, 0.25) is 10.0 Å². The monoisotopic (exact) mass is 498 g/mol. The summed E-state index contributed by atoms with van der Waals surface area (Å²) >= 11 is 15.4. The Kier molecular flexibility index (Phi) is 6.57. The van der Waals surface area contributed by atoms with Crippen LogP contribution in [0.3, 0.4) is 0 Å². The van der Waals surface area contributed by atoms with Gasteiger partial charge >= 0.3 is 0 Å². The van der Waals surface area contributed by atoms with Gasteiger partial charge in [0.1, 0.15) is 17.1 Å². The number of rotatable bonds is 8. The van der Waals surface area contributed by atoms with E-state index in [-0.39, 0.29) is 12.5 Å². The number of para-hydroxylation sites is 1. The molecule has 1 saturated carbocycles. The number of thioether (sulfide) groups is 1. The van der Waals surface area contributed by atoms with Crippen LogP contribution in [0.25, 0.3) is 22.2 Å². The van der Waals surface area contributed by atoms with E-state index < -0.39 is 0 Å². The van der Waals surface area contributed by atoms with Crippen LogP contribution < -0.4 is 4.74 Å². The lowest BCUT2D eigenvalue weighted by atomic mass is 9.99. The Morgan fingerprint density at radius 1 is 1.15 bits per heavy atom. The summed E-state index contributed by atoms with van der Waals surface area (Å²) in [5, 5.41) is 11.2. The smallest absolute Gasteiger partial charge is 0.126 e. The van der Waals surface area contributed by atoms with Gasteiger partial charge in [-0.2, -0.15) is 0 Å². The molecule has 4 aromatic rings. The number of fused-ring (bicyclic) bond motifs is 1. The Morgan fingerprint density at radius 3 is 2.61 bits per heavy atom. The number of aromatic nitrogens is 2. The van der Waals surface area contributed by atoms with Crippen molar-refractivity contribution in [2.45, 2.75) is 23.7 Å². The highest BCUT2D eigenvalue weighted by Gasteiger charge is 2.23. The van der Waals surface area contributed by atoms with Gasteiger partial charge in [0.05, 0.1) is 35.2 Å². The first-order valence-electron chi connectivity index (χ1n) is 10.9. The lowest BCUT2D eigenvalue weighted by Gasteiger charge is -2.12. The largest absolute Gasteiger partial charge is 0.496 e. The summed E-state index contributed by atoms with van der Waals surface area (Å²) < 4.78 is 5.50. The van der Waals surface area contributed by atoms with Crippen molar-refractivity contribution in [2.24, 2.45) is 5.92 Å². The van der Waals surface area contributed by atoms with Crippen LogP contribution in [0.15, 0.2) is 59.5 Å². The average molecular weight is 499 g/mol. The molecular weight excluding hydrogens is 475 g/mol. The topological polar surface area (TPSA) is 58.1 Å². The van der Waals surface area contributed by atoms with Gasteiger partial charge in [-0.25, -0.2) is 4.98 Å². The van der Waals surface area contributed by atoms with Crippen LogP contribution in [0.5, 0.6) is 5.75 Å². The number of nitrogens with zero attached hydrogens (tertiary/aromatic N) is 1. The molecule has 0 amide bonds. The molecular formula is C26H24Cl2N2O2S. The molecule has 1 unspecified atom stereocenters. The zero-order valence-electron chi connectivity index (χ0n) is 18.1. The van der Waals surface area contributed by atoms with Crippen LogP contribution in [-0.4, -0.2) is 34.5 Å². The van der Waals surface area contributed by atoms with Gasteiger partial charge in [0.2, 0.25) is 0 Å². The Morgan fingerprint density at radius 2 is 1.91 bits per heavy atom. The van der Waals surface area contributed by atoms with Crippen LogP contribution in [-0.2, 0) is 0 Å². The molecule has 5 rings (SSSR count). The number of halogens is 2. The maximum Gasteiger partial charge on any atom is 0.126 e. The third kappa shape index (κ3) is 4.60. The summed E-state index contributed by atoms with van der Waals surface area (Å²) in [5.41, 5.74) is 3.83. The number of nitrogens with one attached hydrogen (secondary N) is 1. The van der Waals surface area contributed by atoms with Gasteiger partial charge in [0.15, 0.2) is 0 Å². The molecule has 1 atom stereocenters. The molecule has 170 valence electrons. The number of H-pyrrole nitrogens is 1. The molecule has 0 radical (unpaired) electrons. The van der Waals surface area contributed by atoms with Gasteiger partial charge in [-0.05, 0) is 48.6 Å². The average Bonchev–Trinajstić information content (AvgIpc) is 3.57. The molecule has 1 heterocycles. The normalized spacial score (nSPS) is 14.5. The van der Waals surface area contributed by atoms with E-state index in [2.05, 4.69) is 29.2 Å². The first-order chi connectivity index (χ1) is 16.1. The molecule has 1 aliphatic rings. The highest BCUT2D eigenvalue weighted by Crippen LogP contribution is 2.43. The van der Waals surface area contributed by atoms with Gasteiger partial charge in [0.25, 0.3) is 0 Å². The van der Waals surface area contributed by atoms with Gasteiger partial charge in [-0.15, -0.1) is 11.8 Å². The minimum Gasteiger partial charge on any atom is -0.496 e. The fourth-order valence-electron chi connectivity index (χ4n) is 4.01. The third-order valence-electron chi connectivity index (χ3n) is 6.04. The van der Waals surface area contributed by atoms with Crippen molar-refractivity contribution in [3.05, 3.63) is 76.0 Å². The lowest BCUT2D eigenvalue weighted by Crippen LogP contribution is -2.07. The minimum atomic E-state index is -0.288. The lowest BCUT2D eigenvalue weighted by molar-refractivity contribution is 0.277. The number of ether oxygens (including phenoxy) is 1. The van der Waals surface area contributed by atoms with Crippen LogP contribution in [0, 0.1) is 5.92 Å². The number of aliphatic hydroxyl groups is 1. The maximum atomic E-state index is 10.2. The summed E-state index contributed by atoms with van der Waals surface area (Å²) in [5.74, 6) is 3.11. The molecule has 33 heavy (non-hydrogen) atoms. The van der Waals surface area contributed by atoms with E-state index in [0.29, 0.717) is 32.7 Å². The number of methoxy groups -OCH3 is 1. The number of benzene rings is 3. The van der Waals surface area contributed by atoms with Crippen LogP contribution in [0.1, 0.15) is 30.1 Å². The third-order valence-corrected chi connectivity index (χ3v) is 7.95. The van der Waals surface area contributed by atoms with E-state index in [9.17, 15) is 5.11 Å². The van der Waals surface area contributed by atoms with E-state index in [4.69, 9.17) is 32.9 Å². The van der Waals surface area contributed by atoms with Crippen molar-refractivity contribution in [3.8, 4) is 16.9 Å². The second kappa shape index (κ2) is 9.59. The standard InChI is InChI=1S/C26H24Cl2N2O2S/c1-32-22-5-3-2-4-18(22)23-20(27)12-21-25(24(23)28)30-26(29-21)19(13-31)16-8-10-17(11-9-16)33-14-15-6-7-15/h2-5,8-12,15,19,31H,6-7,13-14H2,1H3,(H,29,30). The summed E-state index contributed by atoms with van der Waals surface area (Å²) in [6.45, 7) is -0.0703. The second-order valence-electron chi connectivity index (χ2n) is 8.32. The second-order valence-corrected chi connectivity index (χ2v) is 10.2. The van der Waals surface area contributed by atoms with Gasteiger partial charge in [0, 0.05) is 21.8 Å². The molecule has 3 aromatic carbocycles. The van der Waals surface area contributed by atoms with E-state index in [0.717, 1.165) is 22.6 Å². The fourth-order valence-corrected chi connectivity index (χ4v) is 5.80. The van der Waals surface area contributed by atoms with E-state index in [1.54, 1.807) is 7.11 Å². The van der Waals surface area contributed by atoms with Crippen molar-refractivity contribution in [1.82, 2.24) is 9.97 Å². The maximum absolute atomic E-state index is 10.2. The van der Waals surface area contributed by atoms with E-state index in [1.807, 2.05) is 42.1 Å². The molecule has 2 N–H and O–H groups in total. The predicted molar refractivity (Wildman–Crippen MR) is 137 cm³/mol. The molecule has 0 saturated heterocycles. The summed E-state index contributed by atoms with van der Waals surface area (Å²) in [4.78, 5) is 9.35. The summed E-state index contributed by atoms with van der Waals surface area (Å²) in [6.07, 6.45) is 2.71. The van der Waals surface area contributed by atoms with Crippen LogP contribution in [0.4, 0.5) is 0 Å². The van der Waals surface area contributed by atoms with E-state index in [1.165, 1.54) is 23.5 Å². The molecule has 7 heteroatoms. The first-order valence-corrected chi connectivity index (χ1v) is 12.7. The van der Waals surface area contributed by atoms with Gasteiger partial charge < -0.3 is 14.8 Å². The Bertz CT molecular complexity index is 1290. The molecule has 1 fully saturated rings. The molecule has 0 aliphatic heterocycles. The Hall–Kier alpha value is -2.18. The molecule has 0 spiro atoms. The zero-order chi connectivity index (χ0) is 22.9. The fraction of sp³-hybridized carbons (Fsp3) is 0.269. The quantitative estimate of drug-likeness (QED) is 0.252. The van der Waals surface area contributed by atoms with Crippen molar-refractivity contribution >= 4 is 46.0 Å². The van der Waals surface area contributed by atoms with Gasteiger partial charge in [-0.1, -0.05) is 53.5 Å².